The molecule has 1 amide bonds. The van der Waals surface area contributed by atoms with Gasteiger partial charge in [0.05, 0.1) is 0 Å². The van der Waals surface area contributed by atoms with Crippen molar-refractivity contribution in [2.75, 3.05) is 27.2 Å². The summed E-state index contributed by atoms with van der Waals surface area (Å²) in [4.78, 5) is 14.2. The highest BCUT2D eigenvalue weighted by atomic mass is 35.5. The van der Waals surface area contributed by atoms with Crippen molar-refractivity contribution in [1.29, 1.82) is 0 Å². The van der Waals surface area contributed by atoms with Crippen molar-refractivity contribution < 1.29 is 9.53 Å². The second-order valence-electron chi connectivity index (χ2n) is 5.65. The molecule has 0 aliphatic carbocycles. The Morgan fingerprint density at radius 2 is 2.04 bits per heavy atom. The fourth-order valence-electron chi connectivity index (χ4n) is 2.13. The predicted molar refractivity (Wildman–Crippen MR) is 96.7 cm³/mol. The van der Waals surface area contributed by atoms with E-state index in [9.17, 15) is 4.79 Å². The molecular formula is C18H22ClN3O2. The molecule has 0 radical (unpaired) electrons. The molecule has 6 heteroatoms. The van der Waals surface area contributed by atoms with Crippen LogP contribution >= 0.6 is 11.6 Å². The van der Waals surface area contributed by atoms with E-state index in [-0.39, 0.29) is 12.5 Å². The first kappa shape index (κ1) is 18.3. The van der Waals surface area contributed by atoms with Crippen LogP contribution in [0.2, 0.25) is 5.02 Å². The Hall–Kier alpha value is -2.08. The Balaban J connectivity index is 2.11. The first-order valence-electron chi connectivity index (χ1n) is 7.69. The Kier molecular flexibility index (Phi) is 6.61. The minimum absolute atomic E-state index is 0.124. The summed E-state index contributed by atoms with van der Waals surface area (Å²) in [7, 11) is 3.92. The van der Waals surface area contributed by atoms with Crippen LogP contribution in [0, 0.1) is 0 Å². The molecule has 0 aliphatic rings. The van der Waals surface area contributed by atoms with E-state index in [2.05, 4.69) is 5.32 Å². The van der Waals surface area contributed by atoms with Crippen LogP contribution in [0.3, 0.4) is 0 Å². The molecule has 0 heterocycles. The molecule has 0 aliphatic heterocycles. The third-order valence-corrected chi connectivity index (χ3v) is 3.65. The van der Waals surface area contributed by atoms with Crippen molar-refractivity contribution in [1.82, 2.24) is 10.2 Å². The summed E-state index contributed by atoms with van der Waals surface area (Å²) in [6.07, 6.45) is 0. The summed E-state index contributed by atoms with van der Waals surface area (Å²) in [6, 6.07) is 12.4. The van der Waals surface area contributed by atoms with Gasteiger partial charge in [0.2, 0.25) is 0 Å². The van der Waals surface area contributed by atoms with Crippen LogP contribution in [0.4, 0.5) is 0 Å². The van der Waals surface area contributed by atoms with Gasteiger partial charge >= 0.3 is 0 Å². The van der Waals surface area contributed by atoms with Crippen molar-refractivity contribution >= 4 is 17.5 Å². The van der Waals surface area contributed by atoms with E-state index in [1.807, 2.05) is 31.1 Å². The number of rotatable bonds is 7. The Bertz CT molecular complexity index is 704. The standard InChI is InChI=1S/C18H22ClN3O2/c1-22(2)9-8-21-18(23)13-6-7-17(14(10-13)12-20)24-16-5-3-4-15(19)11-16/h3-7,10-11H,8-9,12,20H2,1-2H3,(H,21,23). The molecule has 24 heavy (non-hydrogen) atoms. The highest BCUT2D eigenvalue weighted by Crippen LogP contribution is 2.27. The van der Waals surface area contributed by atoms with Gasteiger partial charge in [-0.15, -0.1) is 0 Å². The molecule has 0 saturated carbocycles. The van der Waals surface area contributed by atoms with E-state index >= 15 is 0 Å². The molecule has 0 unspecified atom stereocenters. The first-order valence-corrected chi connectivity index (χ1v) is 8.06. The van der Waals surface area contributed by atoms with Crippen LogP contribution in [0.15, 0.2) is 42.5 Å². The summed E-state index contributed by atoms with van der Waals surface area (Å²) in [6.45, 7) is 1.64. The van der Waals surface area contributed by atoms with Gasteiger partial charge in [0.25, 0.3) is 5.91 Å². The third kappa shape index (κ3) is 5.23. The molecule has 0 spiro atoms. The van der Waals surface area contributed by atoms with Crippen molar-refractivity contribution in [3.05, 3.63) is 58.6 Å². The lowest BCUT2D eigenvalue weighted by molar-refractivity contribution is 0.0951. The number of ether oxygens (including phenoxy) is 1. The number of hydrogen-bond donors (Lipinski definition) is 2. The summed E-state index contributed by atoms with van der Waals surface area (Å²) in [5.41, 5.74) is 7.12. The first-order chi connectivity index (χ1) is 11.5. The number of hydrogen-bond acceptors (Lipinski definition) is 4. The lowest BCUT2D eigenvalue weighted by Gasteiger charge is -2.13. The Morgan fingerprint density at radius 1 is 1.25 bits per heavy atom. The number of likely N-dealkylation sites (N-methyl/N-ethyl adjacent to an activating group) is 1. The predicted octanol–water partition coefficient (Wildman–Crippen LogP) is 2.88. The maximum atomic E-state index is 12.2. The molecule has 2 aromatic rings. The molecule has 0 aromatic heterocycles. The zero-order valence-electron chi connectivity index (χ0n) is 13.9. The highest BCUT2D eigenvalue weighted by molar-refractivity contribution is 6.30. The van der Waals surface area contributed by atoms with E-state index < -0.39 is 0 Å². The van der Waals surface area contributed by atoms with Crippen LogP contribution in [-0.4, -0.2) is 38.0 Å². The quantitative estimate of drug-likeness (QED) is 0.808. The number of nitrogens with two attached hydrogens (primary N) is 1. The van der Waals surface area contributed by atoms with Gasteiger partial charge in [-0.2, -0.15) is 0 Å². The topological polar surface area (TPSA) is 67.6 Å². The van der Waals surface area contributed by atoms with Gasteiger partial charge in [-0.3, -0.25) is 4.79 Å². The maximum absolute atomic E-state index is 12.2. The molecule has 2 rings (SSSR count). The van der Waals surface area contributed by atoms with Gasteiger partial charge in [0, 0.05) is 35.8 Å². The second-order valence-corrected chi connectivity index (χ2v) is 6.08. The monoisotopic (exact) mass is 347 g/mol. The fraction of sp³-hybridized carbons (Fsp3) is 0.278. The average molecular weight is 348 g/mol. The van der Waals surface area contributed by atoms with Crippen LogP contribution in [0.1, 0.15) is 15.9 Å². The van der Waals surface area contributed by atoms with Gasteiger partial charge in [0.15, 0.2) is 0 Å². The van der Waals surface area contributed by atoms with E-state index in [1.165, 1.54) is 0 Å². The SMILES string of the molecule is CN(C)CCNC(=O)c1ccc(Oc2cccc(Cl)c2)c(CN)c1. The van der Waals surface area contributed by atoms with Gasteiger partial charge in [-0.05, 0) is 50.5 Å². The highest BCUT2D eigenvalue weighted by Gasteiger charge is 2.10. The maximum Gasteiger partial charge on any atom is 0.251 e. The summed E-state index contributed by atoms with van der Waals surface area (Å²) >= 11 is 5.96. The summed E-state index contributed by atoms with van der Waals surface area (Å²) in [5, 5.41) is 3.47. The number of amides is 1. The van der Waals surface area contributed by atoms with E-state index in [0.29, 0.717) is 28.6 Å². The molecule has 2 aromatic carbocycles. The molecule has 0 saturated heterocycles. The van der Waals surface area contributed by atoms with Gasteiger partial charge in [-0.1, -0.05) is 17.7 Å². The van der Waals surface area contributed by atoms with Crippen LogP contribution in [-0.2, 0) is 6.54 Å². The number of benzene rings is 2. The number of nitrogens with zero attached hydrogens (tertiary/aromatic N) is 1. The van der Waals surface area contributed by atoms with E-state index in [4.69, 9.17) is 22.1 Å². The average Bonchev–Trinajstić information content (AvgIpc) is 2.54. The van der Waals surface area contributed by atoms with Crippen LogP contribution in [0.25, 0.3) is 0 Å². The van der Waals surface area contributed by atoms with Gasteiger partial charge < -0.3 is 20.7 Å². The zero-order chi connectivity index (χ0) is 17.5. The van der Waals surface area contributed by atoms with Gasteiger partial charge in [-0.25, -0.2) is 0 Å². The number of carbonyl (C=O) groups is 1. The fourth-order valence-corrected chi connectivity index (χ4v) is 2.31. The molecule has 0 atom stereocenters. The number of halogens is 1. The largest absolute Gasteiger partial charge is 0.457 e. The summed E-state index contributed by atoms with van der Waals surface area (Å²) in [5.74, 6) is 1.12. The lowest BCUT2D eigenvalue weighted by Crippen LogP contribution is -2.31. The zero-order valence-corrected chi connectivity index (χ0v) is 14.6. The van der Waals surface area contributed by atoms with E-state index in [0.717, 1.165) is 12.1 Å². The molecular weight excluding hydrogens is 326 g/mol. The third-order valence-electron chi connectivity index (χ3n) is 3.41. The minimum Gasteiger partial charge on any atom is -0.457 e. The molecule has 5 nitrogen and oxygen atoms in total. The Morgan fingerprint density at radius 3 is 2.71 bits per heavy atom. The van der Waals surface area contributed by atoms with Crippen molar-refractivity contribution in [2.24, 2.45) is 5.73 Å². The van der Waals surface area contributed by atoms with Crippen molar-refractivity contribution in [3.8, 4) is 11.5 Å². The smallest absolute Gasteiger partial charge is 0.251 e. The van der Waals surface area contributed by atoms with Gasteiger partial charge in [0.1, 0.15) is 11.5 Å². The Labute approximate surface area is 147 Å². The van der Waals surface area contributed by atoms with Crippen LogP contribution < -0.4 is 15.8 Å². The van der Waals surface area contributed by atoms with Crippen LogP contribution in [0.5, 0.6) is 11.5 Å². The molecule has 3 N–H and O–H groups in total. The van der Waals surface area contributed by atoms with Crippen molar-refractivity contribution in [2.45, 2.75) is 6.54 Å². The molecule has 0 bridgehead atoms. The molecule has 0 fully saturated rings. The summed E-state index contributed by atoms with van der Waals surface area (Å²) < 4.78 is 5.83. The van der Waals surface area contributed by atoms with Crippen molar-refractivity contribution in [3.63, 3.8) is 0 Å². The minimum atomic E-state index is -0.124. The van der Waals surface area contributed by atoms with E-state index in [1.54, 1.807) is 30.3 Å². The number of carbonyl (C=O) groups excluding carboxylic acids is 1. The molecule has 128 valence electrons. The second kappa shape index (κ2) is 8.68. The lowest BCUT2D eigenvalue weighted by atomic mass is 10.1. The number of nitrogens with one attached hydrogen (secondary N) is 1. The normalized spacial score (nSPS) is 10.7.